The van der Waals surface area contributed by atoms with E-state index in [1.165, 1.54) is 6.20 Å². The molecule has 7 heteroatoms. The maximum absolute atomic E-state index is 12.8. The van der Waals surface area contributed by atoms with Gasteiger partial charge in [-0.25, -0.2) is 0 Å². The monoisotopic (exact) mass is 423 g/mol. The summed E-state index contributed by atoms with van der Waals surface area (Å²) in [5.74, 6) is -0.766. The second-order valence-electron chi connectivity index (χ2n) is 6.58. The van der Waals surface area contributed by atoms with Gasteiger partial charge in [-0.2, -0.15) is 0 Å². The number of hydrogen-bond donors (Lipinski definition) is 1. The molecule has 0 saturated heterocycles. The molecule has 2 N–H and O–H groups in total. The van der Waals surface area contributed by atoms with Gasteiger partial charge in [0.2, 0.25) is 5.43 Å². The lowest BCUT2D eigenvalue weighted by Gasteiger charge is -2.14. The Hall–Kier alpha value is -3.15. The Balaban J connectivity index is 1.94. The van der Waals surface area contributed by atoms with Crippen molar-refractivity contribution in [3.05, 3.63) is 98.5 Å². The Morgan fingerprint density at radius 1 is 0.966 bits per heavy atom. The minimum atomic E-state index is -0.766. The van der Waals surface area contributed by atoms with Crippen molar-refractivity contribution < 1.29 is 4.79 Å². The van der Waals surface area contributed by atoms with Crippen LogP contribution in [0.25, 0.3) is 22.0 Å². The zero-order chi connectivity index (χ0) is 20.5. The number of fused-ring (bicyclic) bond motifs is 1. The van der Waals surface area contributed by atoms with E-state index in [2.05, 4.69) is 4.98 Å². The highest BCUT2D eigenvalue weighted by Gasteiger charge is 2.14. The van der Waals surface area contributed by atoms with Crippen molar-refractivity contribution in [2.75, 3.05) is 0 Å². The number of primary amides is 1. The molecule has 2 heterocycles. The van der Waals surface area contributed by atoms with Crippen LogP contribution in [0.15, 0.2) is 71.9 Å². The van der Waals surface area contributed by atoms with E-state index in [-0.39, 0.29) is 11.0 Å². The number of halogens is 2. The first-order valence-corrected chi connectivity index (χ1v) is 9.51. The maximum Gasteiger partial charge on any atom is 0.254 e. The molecule has 2 aromatic heterocycles. The highest BCUT2D eigenvalue weighted by molar-refractivity contribution is 6.42. The minimum Gasteiger partial charge on any atom is -0.365 e. The van der Waals surface area contributed by atoms with Gasteiger partial charge in [0.25, 0.3) is 5.91 Å². The van der Waals surface area contributed by atoms with Crippen LogP contribution in [0, 0.1) is 0 Å². The summed E-state index contributed by atoms with van der Waals surface area (Å²) in [7, 11) is 0. The Morgan fingerprint density at radius 3 is 2.41 bits per heavy atom. The van der Waals surface area contributed by atoms with Gasteiger partial charge in [-0.15, -0.1) is 0 Å². The summed E-state index contributed by atoms with van der Waals surface area (Å²) in [5, 5.41) is 1.30. The van der Waals surface area contributed by atoms with Crippen LogP contribution in [-0.2, 0) is 6.54 Å². The standard InChI is InChI=1S/C22H15Cl2N3O2/c23-18-4-1-13(9-19(18)24)11-27-12-17(22(25)29)21(28)16-3-2-15(10-20(16)27)14-5-7-26-8-6-14/h1-10,12H,11H2,(H2,25,29). The van der Waals surface area contributed by atoms with Crippen molar-refractivity contribution >= 4 is 40.0 Å². The lowest BCUT2D eigenvalue weighted by molar-refractivity contribution is 0.0999. The number of benzene rings is 2. The first-order chi connectivity index (χ1) is 13.9. The number of aromatic nitrogens is 2. The SMILES string of the molecule is NC(=O)c1cn(Cc2ccc(Cl)c(Cl)c2)c2cc(-c3ccncc3)ccc2c1=O. The van der Waals surface area contributed by atoms with E-state index in [1.54, 1.807) is 30.6 Å². The first kappa shape index (κ1) is 19.2. The zero-order valence-electron chi connectivity index (χ0n) is 15.1. The van der Waals surface area contributed by atoms with E-state index in [0.717, 1.165) is 16.7 Å². The van der Waals surface area contributed by atoms with E-state index in [0.29, 0.717) is 27.5 Å². The number of nitrogens with zero attached hydrogens (tertiary/aromatic N) is 2. The van der Waals surface area contributed by atoms with Crippen LogP contribution in [0.2, 0.25) is 10.0 Å². The highest BCUT2D eigenvalue weighted by atomic mass is 35.5. The largest absolute Gasteiger partial charge is 0.365 e. The average molecular weight is 424 g/mol. The van der Waals surface area contributed by atoms with E-state index in [1.807, 2.05) is 34.9 Å². The molecule has 144 valence electrons. The zero-order valence-corrected chi connectivity index (χ0v) is 16.6. The van der Waals surface area contributed by atoms with Crippen LogP contribution in [0.3, 0.4) is 0 Å². The summed E-state index contributed by atoms with van der Waals surface area (Å²) in [4.78, 5) is 28.6. The molecular weight excluding hydrogens is 409 g/mol. The number of carbonyl (C=O) groups excluding carboxylic acids is 1. The number of carbonyl (C=O) groups is 1. The van der Waals surface area contributed by atoms with Gasteiger partial charge >= 0.3 is 0 Å². The topological polar surface area (TPSA) is 78.0 Å². The number of amides is 1. The quantitative estimate of drug-likeness (QED) is 0.523. The van der Waals surface area contributed by atoms with Gasteiger partial charge in [-0.1, -0.05) is 35.3 Å². The molecule has 0 aliphatic carbocycles. The molecule has 0 radical (unpaired) electrons. The molecule has 4 rings (SSSR count). The van der Waals surface area contributed by atoms with E-state index < -0.39 is 5.91 Å². The van der Waals surface area contributed by atoms with Crippen LogP contribution >= 0.6 is 23.2 Å². The van der Waals surface area contributed by atoms with Crippen LogP contribution in [0.4, 0.5) is 0 Å². The Kier molecular flexibility index (Phi) is 5.09. The van der Waals surface area contributed by atoms with Crippen LogP contribution in [0.5, 0.6) is 0 Å². The molecule has 0 bridgehead atoms. The third-order valence-electron chi connectivity index (χ3n) is 4.70. The molecule has 1 amide bonds. The number of pyridine rings is 2. The van der Waals surface area contributed by atoms with Crippen LogP contribution < -0.4 is 11.2 Å². The fourth-order valence-electron chi connectivity index (χ4n) is 3.26. The lowest BCUT2D eigenvalue weighted by atomic mass is 10.0. The van der Waals surface area contributed by atoms with Gasteiger partial charge in [0.1, 0.15) is 5.56 Å². The van der Waals surface area contributed by atoms with Crippen LogP contribution in [-0.4, -0.2) is 15.5 Å². The predicted octanol–water partition coefficient (Wildman–Crippen LogP) is 4.52. The second-order valence-corrected chi connectivity index (χ2v) is 7.39. The minimum absolute atomic E-state index is 0.0609. The smallest absolute Gasteiger partial charge is 0.254 e. The van der Waals surface area contributed by atoms with E-state index in [4.69, 9.17) is 28.9 Å². The summed E-state index contributed by atoms with van der Waals surface area (Å²) < 4.78 is 1.82. The molecule has 0 spiro atoms. The van der Waals surface area contributed by atoms with Crippen molar-refractivity contribution in [2.45, 2.75) is 6.54 Å². The van der Waals surface area contributed by atoms with E-state index in [9.17, 15) is 9.59 Å². The molecule has 29 heavy (non-hydrogen) atoms. The average Bonchev–Trinajstić information content (AvgIpc) is 2.73. The van der Waals surface area contributed by atoms with Gasteiger partial charge in [0, 0.05) is 30.5 Å². The molecule has 0 aliphatic rings. The molecule has 4 aromatic rings. The normalized spacial score (nSPS) is 11.0. The second kappa shape index (κ2) is 7.70. The van der Waals surface area contributed by atoms with Crippen molar-refractivity contribution in [2.24, 2.45) is 5.73 Å². The number of hydrogen-bond acceptors (Lipinski definition) is 3. The van der Waals surface area contributed by atoms with Gasteiger partial charge < -0.3 is 10.3 Å². The van der Waals surface area contributed by atoms with Crippen molar-refractivity contribution in [3.63, 3.8) is 0 Å². The van der Waals surface area contributed by atoms with Crippen molar-refractivity contribution in [1.82, 2.24) is 9.55 Å². The number of nitrogens with two attached hydrogens (primary N) is 1. The molecular formula is C22H15Cl2N3O2. The summed E-state index contributed by atoms with van der Waals surface area (Å²) in [5.41, 5.74) is 8.43. The molecule has 0 atom stereocenters. The highest BCUT2D eigenvalue weighted by Crippen LogP contribution is 2.26. The van der Waals surface area contributed by atoms with Gasteiger partial charge in [-0.3, -0.25) is 14.6 Å². The van der Waals surface area contributed by atoms with Crippen LogP contribution in [0.1, 0.15) is 15.9 Å². The lowest BCUT2D eigenvalue weighted by Crippen LogP contribution is -2.24. The maximum atomic E-state index is 12.8. The third kappa shape index (κ3) is 3.75. The third-order valence-corrected chi connectivity index (χ3v) is 5.44. The fraction of sp³-hybridized carbons (Fsp3) is 0.0455. The summed E-state index contributed by atoms with van der Waals surface area (Å²) >= 11 is 12.1. The summed E-state index contributed by atoms with van der Waals surface area (Å²) in [6.45, 7) is 0.383. The van der Waals surface area contributed by atoms with Gasteiger partial charge in [0.05, 0.1) is 15.6 Å². The molecule has 0 aliphatic heterocycles. The summed E-state index contributed by atoms with van der Waals surface area (Å²) in [6.07, 6.45) is 4.91. The molecule has 2 aromatic carbocycles. The molecule has 0 fully saturated rings. The Morgan fingerprint density at radius 2 is 1.72 bits per heavy atom. The van der Waals surface area contributed by atoms with E-state index >= 15 is 0 Å². The first-order valence-electron chi connectivity index (χ1n) is 8.75. The molecule has 0 unspecified atom stereocenters. The molecule has 0 saturated carbocycles. The van der Waals surface area contributed by atoms with Gasteiger partial charge in [0.15, 0.2) is 0 Å². The Labute approximate surface area is 176 Å². The van der Waals surface area contributed by atoms with Crippen molar-refractivity contribution in [3.8, 4) is 11.1 Å². The predicted molar refractivity (Wildman–Crippen MR) is 116 cm³/mol. The Bertz CT molecular complexity index is 1300. The summed E-state index contributed by atoms with van der Waals surface area (Å²) in [6, 6.07) is 14.5. The molecule has 5 nitrogen and oxygen atoms in total. The fourth-order valence-corrected chi connectivity index (χ4v) is 3.58. The van der Waals surface area contributed by atoms with Crippen molar-refractivity contribution in [1.29, 1.82) is 0 Å². The van der Waals surface area contributed by atoms with Gasteiger partial charge in [-0.05, 0) is 53.1 Å². The number of rotatable bonds is 4.